The molecule has 0 bridgehead atoms. The molecule has 0 amide bonds. The SMILES string of the molecule is CCOCc1nccn1CCO. The lowest BCUT2D eigenvalue weighted by Gasteiger charge is -2.04. The predicted molar refractivity (Wildman–Crippen MR) is 44.6 cm³/mol. The van der Waals surface area contributed by atoms with E-state index in [1.807, 2.05) is 17.7 Å². The van der Waals surface area contributed by atoms with Crippen LogP contribution in [0.15, 0.2) is 12.4 Å². The van der Waals surface area contributed by atoms with Crippen LogP contribution in [-0.4, -0.2) is 27.9 Å². The lowest BCUT2D eigenvalue weighted by molar-refractivity contribution is 0.124. The van der Waals surface area contributed by atoms with Crippen LogP contribution in [0.2, 0.25) is 0 Å². The summed E-state index contributed by atoms with van der Waals surface area (Å²) in [5.41, 5.74) is 0. The van der Waals surface area contributed by atoms with E-state index >= 15 is 0 Å². The maximum Gasteiger partial charge on any atom is 0.134 e. The van der Waals surface area contributed by atoms with Gasteiger partial charge in [-0.15, -0.1) is 0 Å². The van der Waals surface area contributed by atoms with Gasteiger partial charge in [-0.1, -0.05) is 0 Å². The van der Waals surface area contributed by atoms with E-state index in [9.17, 15) is 0 Å². The summed E-state index contributed by atoms with van der Waals surface area (Å²) >= 11 is 0. The summed E-state index contributed by atoms with van der Waals surface area (Å²) in [5.74, 6) is 0.867. The van der Waals surface area contributed by atoms with Crippen LogP contribution in [0.1, 0.15) is 12.7 Å². The molecule has 0 unspecified atom stereocenters. The molecule has 68 valence electrons. The van der Waals surface area contributed by atoms with Crippen molar-refractivity contribution in [1.82, 2.24) is 9.55 Å². The quantitative estimate of drug-likeness (QED) is 0.696. The van der Waals surface area contributed by atoms with Crippen LogP contribution in [0, 0.1) is 0 Å². The highest BCUT2D eigenvalue weighted by Gasteiger charge is 2.00. The van der Waals surface area contributed by atoms with Gasteiger partial charge in [-0.05, 0) is 6.92 Å². The smallest absolute Gasteiger partial charge is 0.134 e. The molecule has 1 heterocycles. The second-order valence-corrected chi connectivity index (χ2v) is 2.40. The van der Waals surface area contributed by atoms with E-state index in [4.69, 9.17) is 9.84 Å². The highest BCUT2D eigenvalue weighted by Crippen LogP contribution is 1.98. The summed E-state index contributed by atoms with van der Waals surface area (Å²) in [6, 6.07) is 0. The van der Waals surface area contributed by atoms with Crippen LogP contribution < -0.4 is 0 Å². The molecular formula is C8H14N2O2. The number of hydrogen-bond donors (Lipinski definition) is 1. The largest absolute Gasteiger partial charge is 0.395 e. The van der Waals surface area contributed by atoms with Gasteiger partial charge in [0.15, 0.2) is 0 Å². The van der Waals surface area contributed by atoms with Crippen molar-refractivity contribution in [3.05, 3.63) is 18.2 Å². The van der Waals surface area contributed by atoms with Gasteiger partial charge in [0, 0.05) is 25.5 Å². The van der Waals surface area contributed by atoms with Crippen LogP contribution >= 0.6 is 0 Å². The zero-order chi connectivity index (χ0) is 8.81. The predicted octanol–water partition coefficient (Wildman–Crippen LogP) is 0.412. The number of ether oxygens (including phenoxy) is 1. The summed E-state index contributed by atoms with van der Waals surface area (Å²) in [5, 5.41) is 8.70. The maximum absolute atomic E-state index is 8.70. The molecule has 4 heteroatoms. The average molecular weight is 170 g/mol. The van der Waals surface area contributed by atoms with Gasteiger partial charge >= 0.3 is 0 Å². The third-order valence-corrected chi connectivity index (χ3v) is 1.58. The maximum atomic E-state index is 8.70. The van der Waals surface area contributed by atoms with Crippen LogP contribution in [-0.2, 0) is 17.9 Å². The molecule has 0 atom stereocenters. The number of rotatable bonds is 5. The molecule has 0 saturated carbocycles. The number of aliphatic hydroxyl groups is 1. The van der Waals surface area contributed by atoms with Gasteiger partial charge in [0.25, 0.3) is 0 Å². The molecule has 0 fully saturated rings. The Bertz CT molecular complexity index is 223. The Hall–Kier alpha value is -0.870. The monoisotopic (exact) mass is 170 g/mol. The first-order valence-electron chi connectivity index (χ1n) is 4.07. The molecule has 0 spiro atoms. The van der Waals surface area contributed by atoms with E-state index in [2.05, 4.69) is 4.98 Å². The van der Waals surface area contributed by atoms with Crippen molar-refractivity contribution in [1.29, 1.82) is 0 Å². The van der Waals surface area contributed by atoms with Crippen molar-refractivity contribution in [3.63, 3.8) is 0 Å². The van der Waals surface area contributed by atoms with Crippen LogP contribution in [0.4, 0.5) is 0 Å². The number of hydrogen-bond acceptors (Lipinski definition) is 3. The van der Waals surface area contributed by atoms with Gasteiger partial charge in [-0.25, -0.2) is 4.98 Å². The Balaban J connectivity index is 2.51. The third-order valence-electron chi connectivity index (χ3n) is 1.58. The lowest BCUT2D eigenvalue weighted by atomic mass is 10.6. The Morgan fingerprint density at radius 3 is 3.17 bits per heavy atom. The number of imidazole rings is 1. The van der Waals surface area contributed by atoms with Gasteiger partial charge in [-0.2, -0.15) is 0 Å². The minimum absolute atomic E-state index is 0.134. The fourth-order valence-electron chi connectivity index (χ4n) is 0.985. The molecular weight excluding hydrogens is 156 g/mol. The average Bonchev–Trinajstić information content (AvgIpc) is 2.50. The van der Waals surface area contributed by atoms with Crippen molar-refractivity contribution in [2.45, 2.75) is 20.1 Å². The molecule has 0 aliphatic rings. The second kappa shape index (κ2) is 4.90. The second-order valence-electron chi connectivity index (χ2n) is 2.40. The first kappa shape index (κ1) is 9.22. The zero-order valence-corrected chi connectivity index (χ0v) is 7.23. The minimum Gasteiger partial charge on any atom is -0.395 e. The van der Waals surface area contributed by atoms with E-state index in [0.717, 1.165) is 5.82 Å². The van der Waals surface area contributed by atoms with Gasteiger partial charge in [0.2, 0.25) is 0 Å². The standard InChI is InChI=1S/C8H14N2O2/c1-2-12-7-8-9-3-4-10(8)5-6-11/h3-4,11H,2,5-7H2,1H3. The van der Waals surface area contributed by atoms with E-state index < -0.39 is 0 Å². The molecule has 1 aromatic heterocycles. The van der Waals surface area contributed by atoms with E-state index in [-0.39, 0.29) is 6.61 Å². The summed E-state index contributed by atoms with van der Waals surface area (Å²) in [6.45, 7) is 3.87. The van der Waals surface area contributed by atoms with E-state index in [1.165, 1.54) is 0 Å². The molecule has 0 saturated heterocycles. The van der Waals surface area contributed by atoms with Gasteiger partial charge < -0.3 is 14.4 Å². The first-order valence-corrected chi connectivity index (χ1v) is 4.07. The topological polar surface area (TPSA) is 47.3 Å². The highest BCUT2D eigenvalue weighted by molar-refractivity contribution is 4.90. The summed E-state index contributed by atoms with van der Waals surface area (Å²) < 4.78 is 7.08. The molecule has 1 rings (SSSR count). The highest BCUT2D eigenvalue weighted by atomic mass is 16.5. The van der Waals surface area contributed by atoms with Crippen LogP contribution in [0.5, 0.6) is 0 Å². The van der Waals surface area contributed by atoms with Crippen molar-refractivity contribution >= 4 is 0 Å². The normalized spacial score (nSPS) is 10.5. The minimum atomic E-state index is 0.134. The Morgan fingerprint density at radius 2 is 2.50 bits per heavy atom. The third kappa shape index (κ3) is 2.32. The number of aliphatic hydroxyl groups excluding tert-OH is 1. The first-order chi connectivity index (χ1) is 5.88. The van der Waals surface area contributed by atoms with Gasteiger partial charge in [-0.3, -0.25) is 0 Å². The molecule has 4 nitrogen and oxygen atoms in total. The van der Waals surface area contributed by atoms with Crippen molar-refractivity contribution in [2.24, 2.45) is 0 Å². The molecule has 0 aromatic carbocycles. The summed E-state index contributed by atoms with van der Waals surface area (Å²) in [6.07, 6.45) is 3.55. The molecule has 0 radical (unpaired) electrons. The van der Waals surface area contributed by atoms with Gasteiger partial charge in [0.05, 0.1) is 6.61 Å². The van der Waals surface area contributed by atoms with Crippen molar-refractivity contribution in [3.8, 4) is 0 Å². The fourth-order valence-corrected chi connectivity index (χ4v) is 0.985. The summed E-state index contributed by atoms with van der Waals surface area (Å²) in [7, 11) is 0. The Labute approximate surface area is 71.8 Å². The Kier molecular flexibility index (Phi) is 3.76. The molecule has 1 aromatic rings. The van der Waals surface area contributed by atoms with Crippen molar-refractivity contribution < 1.29 is 9.84 Å². The fraction of sp³-hybridized carbons (Fsp3) is 0.625. The van der Waals surface area contributed by atoms with Crippen LogP contribution in [0.3, 0.4) is 0 Å². The zero-order valence-electron chi connectivity index (χ0n) is 7.23. The van der Waals surface area contributed by atoms with Crippen molar-refractivity contribution in [2.75, 3.05) is 13.2 Å². The van der Waals surface area contributed by atoms with E-state index in [0.29, 0.717) is 19.8 Å². The molecule has 0 aliphatic heterocycles. The van der Waals surface area contributed by atoms with E-state index in [1.54, 1.807) is 6.20 Å². The number of aromatic nitrogens is 2. The molecule has 12 heavy (non-hydrogen) atoms. The van der Waals surface area contributed by atoms with Gasteiger partial charge in [0.1, 0.15) is 12.4 Å². The molecule has 1 N–H and O–H groups in total. The van der Waals surface area contributed by atoms with Crippen LogP contribution in [0.25, 0.3) is 0 Å². The lowest BCUT2D eigenvalue weighted by Crippen LogP contribution is -2.07. The number of nitrogens with zero attached hydrogens (tertiary/aromatic N) is 2. The summed E-state index contributed by atoms with van der Waals surface area (Å²) in [4.78, 5) is 4.10. The molecule has 0 aliphatic carbocycles. The Morgan fingerprint density at radius 1 is 1.67 bits per heavy atom.